The molecule has 0 spiro atoms. The minimum atomic E-state index is -1.28. The second-order valence-corrected chi connectivity index (χ2v) is 12.1. The van der Waals surface area contributed by atoms with Crippen molar-refractivity contribution in [3.8, 4) is 0 Å². The van der Waals surface area contributed by atoms with E-state index in [1.54, 1.807) is 5.38 Å². The number of aromatic nitrogens is 1. The summed E-state index contributed by atoms with van der Waals surface area (Å²) in [7, 11) is 0. The molecule has 4 aromatic rings. The molecule has 12 heteroatoms. The van der Waals surface area contributed by atoms with Gasteiger partial charge in [0.2, 0.25) is 5.60 Å². The number of aliphatic carboxylic acids is 1. The van der Waals surface area contributed by atoms with Crippen LogP contribution in [0.2, 0.25) is 0 Å². The molecule has 1 unspecified atom stereocenters. The molecule has 45 heavy (non-hydrogen) atoms. The number of allylic oxidation sites excluding steroid dienone is 1. The van der Waals surface area contributed by atoms with Crippen LogP contribution in [-0.4, -0.2) is 55.7 Å². The van der Waals surface area contributed by atoms with Crippen LogP contribution in [0.1, 0.15) is 22.4 Å². The molecule has 10 nitrogen and oxygen atoms in total. The Hall–Kier alpha value is -5.20. The van der Waals surface area contributed by atoms with Crippen LogP contribution in [0.15, 0.2) is 125 Å². The number of carbonyl (C=O) groups is 3. The van der Waals surface area contributed by atoms with Gasteiger partial charge in [0.05, 0.1) is 0 Å². The maximum atomic E-state index is 13.9. The zero-order valence-corrected chi connectivity index (χ0v) is 25.3. The molecular weight excluding hydrogens is 611 g/mol. The van der Waals surface area contributed by atoms with Crippen LogP contribution >= 0.6 is 23.1 Å². The number of amides is 2. The Kier molecular flexibility index (Phi) is 8.24. The van der Waals surface area contributed by atoms with Crippen molar-refractivity contribution in [2.75, 3.05) is 11.5 Å². The normalized spacial score (nSPS) is 18.1. The lowest BCUT2D eigenvalue weighted by Gasteiger charge is -2.49. The van der Waals surface area contributed by atoms with Gasteiger partial charge in [0, 0.05) is 27.8 Å². The standard InChI is InChI=1S/C33H27N5O5S2/c1-2-20-18-44-30-26(29(40)38(30)27(20)31(41)42)36-28(39)25(24-19-45-32(34)35-24)37-43-33(21-12-6-3-7-13-21,22-14-8-4-9-15-22)23-16-10-5-11-17-23/h2-17,19,26,30H,1,18H2,(H2,34,35)(H,36,39)(H,41,42)/t26-,30?/m1/s1. The van der Waals surface area contributed by atoms with E-state index in [0.717, 1.165) is 28.0 Å². The summed E-state index contributed by atoms with van der Waals surface area (Å²) in [5.41, 5.74) is 7.23. The fourth-order valence-corrected chi connectivity index (χ4v) is 7.29. The SMILES string of the molecule is C=CC1=C(C(=O)O)N2C(=O)[C@@H](NC(=O)C(=NOC(c3ccccc3)(c3ccccc3)c3ccccc3)c3csc(N)n3)C2SC1. The monoisotopic (exact) mass is 637 g/mol. The fraction of sp³-hybridized carbons (Fsp3) is 0.121. The minimum absolute atomic E-state index is 0.132. The first-order valence-corrected chi connectivity index (χ1v) is 15.8. The highest BCUT2D eigenvalue weighted by molar-refractivity contribution is 8.00. The van der Waals surface area contributed by atoms with Gasteiger partial charge in [0.15, 0.2) is 10.8 Å². The molecule has 0 bridgehead atoms. The van der Waals surface area contributed by atoms with Crippen LogP contribution in [0, 0.1) is 0 Å². The first kappa shape index (κ1) is 29.9. The summed E-state index contributed by atoms with van der Waals surface area (Å²) in [6, 6.07) is 27.6. The molecule has 0 saturated carbocycles. The van der Waals surface area contributed by atoms with E-state index in [0.29, 0.717) is 11.3 Å². The maximum Gasteiger partial charge on any atom is 0.352 e. The van der Waals surface area contributed by atoms with Crippen molar-refractivity contribution in [3.05, 3.63) is 143 Å². The largest absolute Gasteiger partial charge is 0.477 e. The van der Waals surface area contributed by atoms with Gasteiger partial charge in [0.25, 0.3) is 11.8 Å². The number of nitrogens with one attached hydrogen (secondary N) is 1. The van der Waals surface area contributed by atoms with E-state index >= 15 is 0 Å². The van der Waals surface area contributed by atoms with E-state index in [9.17, 15) is 19.5 Å². The van der Waals surface area contributed by atoms with E-state index in [-0.39, 0.29) is 22.2 Å². The summed E-state index contributed by atoms with van der Waals surface area (Å²) in [6.45, 7) is 3.67. The molecule has 2 aliphatic rings. The Bertz CT molecular complexity index is 1730. The third-order valence-corrected chi connectivity index (χ3v) is 9.50. The van der Waals surface area contributed by atoms with Crippen molar-refractivity contribution in [1.82, 2.24) is 15.2 Å². The number of oxime groups is 1. The number of carbonyl (C=O) groups excluding carboxylic acids is 2. The topological polar surface area (TPSA) is 147 Å². The van der Waals surface area contributed by atoms with Crippen molar-refractivity contribution in [1.29, 1.82) is 0 Å². The average molecular weight is 638 g/mol. The van der Waals surface area contributed by atoms with Crippen molar-refractivity contribution >= 4 is 51.7 Å². The number of benzene rings is 3. The van der Waals surface area contributed by atoms with Crippen LogP contribution in [0.3, 0.4) is 0 Å². The molecule has 6 rings (SSSR count). The molecule has 2 aliphatic heterocycles. The predicted molar refractivity (Wildman–Crippen MR) is 173 cm³/mol. The summed E-state index contributed by atoms with van der Waals surface area (Å²) in [6.07, 6.45) is 1.43. The van der Waals surface area contributed by atoms with E-state index < -0.39 is 34.8 Å². The Labute approximate surface area is 266 Å². The van der Waals surface area contributed by atoms with Crippen LogP contribution in [-0.2, 0) is 24.8 Å². The first-order valence-electron chi connectivity index (χ1n) is 13.8. The lowest BCUT2D eigenvalue weighted by molar-refractivity contribution is -0.150. The average Bonchev–Trinajstić information content (AvgIpc) is 3.51. The molecule has 3 heterocycles. The quantitative estimate of drug-likeness (QED) is 0.101. The number of carboxylic acid groups (broad SMARTS) is 1. The minimum Gasteiger partial charge on any atom is -0.477 e. The number of carboxylic acids is 1. The molecule has 2 atom stereocenters. The smallest absolute Gasteiger partial charge is 0.352 e. The highest BCUT2D eigenvalue weighted by Gasteiger charge is 2.54. The Morgan fingerprint density at radius 2 is 1.58 bits per heavy atom. The highest BCUT2D eigenvalue weighted by atomic mass is 32.2. The van der Waals surface area contributed by atoms with Gasteiger partial charge in [-0.2, -0.15) is 0 Å². The third-order valence-electron chi connectivity index (χ3n) is 7.53. The molecule has 226 valence electrons. The van der Waals surface area contributed by atoms with E-state index in [1.165, 1.54) is 22.7 Å². The molecule has 0 aliphatic carbocycles. The number of fused-ring (bicyclic) bond motifs is 1. The first-order chi connectivity index (χ1) is 21.8. The number of hydrogen-bond donors (Lipinski definition) is 3. The van der Waals surface area contributed by atoms with Crippen molar-refractivity contribution in [2.45, 2.75) is 17.0 Å². The number of thiazole rings is 1. The molecule has 0 radical (unpaired) electrons. The number of thioether (sulfide) groups is 1. The van der Waals surface area contributed by atoms with E-state index in [2.05, 4.69) is 22.0 Å². The zero-order chi connectivity index (χ0) is 31.6. The molecular formula is C33H27N5O5S2. The second-order valence-electron chi connectivity index (χ2n) is 10.1. The van der Waals surface area contributed by atoms with E-state index in [1.807, 2.05) is 91.0 Å². The van der Waals surface area contributed by atoms with Gasteiger partial charge in [-0.25, -0.2) is 9.78 Å². The van der Waals surface area contributed by atoms with Gasteiger partial charge in [-0.15, -0.1) is 23.1 Å². The van der Waals surface area contributed by atoms with E-state index in [4.69, 9.17) is 10.6 Å². The predicted octanol–water partition coefficient (Wildman–Crippen LogP) is 4.36. The number of hydrogen-bond acceptors (Lipinski definition) is 9. The number of rotatable bonds is 10. The van der Waals surface area contributed by atoms with Gasteiger partial charge >= 0.3 is 5.97 Å². The van der Waals surface area contributed by atoms with Crippen LogP contribution in [0.25, 0.3) is 0 Å². The van der Waals surface area contributed by atoms with Crippen molar-refractivity contribution in [3.63, 3.8) is 0 Å². The summed E-state index contributed by atoms with van der Waals surface area (Å²) in [5.74, 6) is -2.19. The summed E-state index contributed by atoms with van der Waals surface area (Å²) < 4.78 is 0. The van der Waals surface area contributed by atoms with Crippen LogP contribution < -0.4 is 11.1 Å². The van der Waals surface area contributed by atoms with Gasteiger partial charge in [-0.1, -0.05) is 109 Å². The fourth-order valence-electron chi connectivity index (χ4n) is 5.40. The van der Waals surface area contributed by atoms with Crippen molar-refractivity contribution < 1.29 is 24.3 Å². The molecule has 3 aromatic carbocycles. The maximum absolute atomic E-state index is 13.9. The molecule has 1 aromatic heterocycles. The molecule has 1 saturated heterocycles. The van der Waals surface area contributed by atoms with Gasteiger partial charge in [0.1, 0.15) is 22.8 Å². The van der Waals surface area contributed by atoms with Gasteiger partial charge in [-0.3, -0.25) is 14.5 Å². The van der Waals surface area contributed by atoms with Crippen LogP contribution in [0.5, 0.6) is 0 Å². The Morgan fingerprint density at radius 3 is 2.04 bits per heavy atom. The highest BCUT2D eigenvalue weighted by Crippen LogP contribution is 2.42. The second kappa shape index (κ2) is 12.4. The number of nitrogens with zero attached hydrogens (tertiary/aromatic N) is 3. The number of nitrogen functional groups attached to an aromatic ring is 1. The lowest BCUT2D eigenvalue weighted by Crippen LogP contribution is -2.71. The molecule has 1 fully saturated rings. The lowest BCUT2D eigenvalue weighted by atomic mass is 9.80. The number of β-lactam (4-membered cyclic amide) rings is 1. The molecule has 2 amide bonds. The molecule has 4 N–H and O–H groups in total. The van der Waals surface area contributed by atoms with Crippen molar-refractivity contribution in [2.24, 2.45) is 5.16 Å². The number of nitrogens with two attached hydrogens (primary N) is 1. The summed E-state index contributed by atoms with van der Waals surface area (Å²) >= 11 is 2.46. The third kappa shape index (κ3) is 5.38. The zero-order valence-electron chi connectivity index (χ0n) is 23.7. The summed E-state index contributed by atoms with van der Waals surface area (Å²) in [4.78, 5) is 51.1. The van der Waals surface area contributed by atoms with Gasteiger partial charge in [-0.05, 0) is 5.57 Å². The van der Waals surface area contributed by atoms with Crippen LogP contribution in [0.4, 0.5) is 5.13 Å². The Balaban J connectivity index is 1.40. The summed E-state index contributed by atoms with van der Waals surface area (Å²) in [5, 5.41) is 18.2. The Morgan fingerprint density at radius 1 is 1.02 bits per heavy atom. The number of anilines is 1. The van der Waals surface area contributed by atoms with Gasteiger partial charge < -0.3 is 21.0 Å².